The van der Waals surface area contributed by atoms with Crippen molar-refractivity contribution in [2.75, 3.05) is 20.3 Å². The molecule has 106 valence electrons. The Bertz CT molecular complexity index is 411. The summed E-state index contributed by atoms with van der Waals surface area (Å²) >= 11 is 0. The second-order valence-corrected chi connectivity index (χ2v) is 5.14. The molecule has 2 atom stereocenters. The van der Waals surface area contributed by atoms with E-state index < -0.39 is 0 Å². The van der Waals surface area contributed by atoms with E-state index in [0.29, 0.717) is 24.0 Å². The molecular formula is C15H22FNO2. The largest absolute Gasteiger partial charge is 0.494 e. The summed E-state index contributed by atoms with van der Waals surface area (Å²) in [7, 11) is 1.47. The molecule has 1 saturated carbocycles. The van der Waals surface area contributed by atoms with Crippen LogP contribution in [0.25, 0.3) is 0 Å². The van der Waals surface area contributed by atoms with E-state index in [0.717, 1.165) is 6.54 Å². The Hall–Kier alpha value is -1.13. The lowest BCUT2D eigenvalue weighted by Gasteiger charge is -2.18. The quantitative estimate of drug-likeness (QED) is 0.862. The van der Waals surface area contributed by atoms with Crippen molar-refractivity contribution < 1.29 is 13.9 Å². The van der Waals surface area contributed by atoms with Gasteiger partial charge in [-0.05, 0) is 37.3 Å². The van der Waals surface area contributed by atoms with E-state index in [4.69, 9.17) is 15.2 Å². The number of hydrogen-bond donors (Lipinski definition) is 1. The average Bonchev–Trinajstić information content (AvgIpc) is 2.88. The molecule has 0 saturated heterocycles. The highest BCUT2D eigenvalue weighted by atomic mass is 19.1. The van der Waals surface area contributed by atoms with Crippen molar-refractivity contribution in [1.29, 1.82) is 0 Å². The van der Waals surface area contributed by atoms with Gasteiger partial charge in [-0.25, -0.2) is 4.39 Å². The Morgan fingerprint density at radius 1 is 1.32 bits per heavy atom. The molecule has 3 nitrogen and oxygen atoms in total. The monoisotopic (exact) mass is 267 g/mol. The molecule has 1 aromatic rings. The van der Waals surface area contributed by atoms with E-state index in [9.17, 15) is 4.39 Å². The van der Waals surface area contributed by atoms with Crippen molar-refractivity contribution in [1.82, 2.24) is 0 Å². The van der Waals surface area contributed by atoms with Gasteiger partial charge in [-0.1, -0.05) is 18.6 Å². The molecule has 1 aliphatic rings. The van der Waals surface area contributed by atoms with Crippen LogP contribution < -0.4 is 10.5 Å². The molecule has 0 aromatic heterocycles. The molecule has 1 fully saturated rings. The summed E-state index contributed by atoms with van der Waals surface area (Å²) in [5.41, 5.74) is 6.28. The van der Waals surface area contributed by atoms with Gasteiger partial charge < -0.3 is 15.2 Å². The van der Waals surface area contributed by atoms with Crippen molar-refractivity contribution >= 4 is 0 Å². The lowest BCUT2D eigenvalue weighted by atomic mass is 9.97. The van der Waals surface area contributed by atoms with E-state index in [1.165, 1.54) is 26.4 Å². The number of rotatable bonds is 6. The summed E-state index contributed by atoms with van der Waals surface area (Å²) in [6, 6.07) is 5.12. The molecule has 0 heterocycles. The van der Waals surface area contributed by atoms with Crippen molar-refractivity contribution in [3.8, 4) is 5.75 Å². The van der Waals surface area contributed by atoms with Crippen molar-refractivity contribution in [2.24, 2.45) is 17.6 Å². The minimum absolute atomic E-state index is 0.266. The van der Waals surface area contributed by atoms with Gasteiger partial charge in [0.1, 0.15) is 0 Å². The van der Waals surface area contributed by atoms with Crippen LogP contribution in [0.4, 0.5) is 4.39 Å². The first-order valence-corrected chi connectivity index (χ1v) is 6.85. The first-order chi connectivity index (χ1) is 9.26. The van der Waals surface area contributed by atoms with Crippen LogP contribution in [0.1, 0.15) is 24.8 Å². The average molecular weight is 267 g/mol. The first kappa shape index (κ1) is 14.3. The fourth-order valence-corrected chi connectivity index (χ4v) is 2.79. The first-order valence-electron chi connectivity index (χ1n) is 6.85. The van der Waals surface area contributed by atoms with Crippen LogP contribution in [-0.4, -0.2) is 20.3 Å². The Balaban J connectivity index is 1.86. The van der Waals surface area contributed by atoms with Crippen LogP contribution in [0.2, 0.25) is 0 Å². The number of ether oxygens (including phenoxy) is 2. The van der Waals surface area contributed by atoms with Gasteiger partial charge in [-0.2, -0.15) is 0 Å². The molecule has 1 aliphatic carbocycles. The van der Waals surface area contributed by atoms with Gasteiger partial charge in [0.2, 0.25) is 0 Å². The molecule has 0 spiro atoms. The van der Waals surface area contributed by atoms with Gasteiger partial charge in [-0.15, -0.1) is 0 Å². The van der Waals surface area contributed by atoms with Crippen LogP contribution >= 0.6 is 0 Å². The fraction of sp³-hybridized carbons (Fsp3) is 0.600. The van der Waals surface area contributed by atoms with Gasteiger partial charge in [0.05, 0.1) is 20.3 Å². The third-order valence-corrected chi connectivity index (χ3v) is 3.97. The molecule has 0 amide bonds. The highest BCUT2D eigenvalue weighted by Crippen LogP contribution is 2.31. The Morgan fingerprint density at radius 2 is 2.11 bits per heavy atom. The van der Waals surface area contributed by atoms with E-state index >= 15 is 0 Å². The van der Waals surface area contributed by atoms with Gasteiger partial charge in [0.25, 0.3) is 0 Å². The molecule has 2 rings (SSSR count). The predicted molar refractivity (Wildman–Crippen MR) is 72.5 cm³/mol. The number of benzene rings is 1. The van der Waals surface area contributed by atoms with Crippen LogP contribution in [0.5, 0.6) is 5.75 Å². The third kappa shape index (κ3) is 3.45. The lowest BCUT2D eigenvalue weighted by Crippen LogP contribution is -2.22. The van der Waals surface area contributed by atoms with Gasteiger partial charge in [-0.3, -0.25) is 0 Å². The summed E-state index contributed by atoms with van der Waals surface area (Å²) in [4.78, 5) is 0. The van der Waals surface area contributed by atoms with Crippen molar-refractivity contribution in [3.05, 3.63) is 29.6 Å². The number of halogens is 1. The summed E-state index contributed by atoms with van der Waals surface area (Å²) in [5.74, 6) is 1.03. The lowest BCUT2D eigenvalue weighted by molar-refractivity contribution is 0.0734. The van der Waals surface area contributed by atoms with E-state index in [1.54, 1.807) is 18.2 Å². The SMILES string of the molecule is COc1cccc(COCC2CCCC2CN)c1F. The summed E-state index contributed by atoms with van der Waals surface area (Å²) in [6.45, 7) is 1.68. The smallest absolute Gasteiger partial charge is 0.170 e. The van der Waals surface area contributed by atoms with Gasteiger partial charge in [0.15, 0.2) is 11.6 Å². The van der Waals surface area contributed by atoms with Crippen LogP contribution in [0.3, 0.4) is 0 Å². The highest BCUT2D eigenvalue weighted by molar-refractivity contribution is 5.30. The molecule has 0 aliphatic heterocycles. The maximum atomic E-state index is 13.9. The van der Waals surface area contributed by atoms with Gasteiger partial charge >= 0.3 is 0 Å². The fourth-order valence-electron chi connectivity index (χ4n) is 2.79. The third-order valence-electron chi connectivity index (χ3n) is 3.97. The minimum Gasteiger partial charge on any atom is -0.494 e. The number of nitrogens with two attached hydrogens (primary N) is 1. The summed E-state index contributed by atoms with van der Waals surface area (Å²) in [5, 5.41) is 0. The normalized spacial score (nSPS) is 22.7. The zero-order valence-corrected chi connectivity index (χ0v) is 11.4. The maximum absolute atomic E-state index is 13.9. The van der Waals surface area contributed by atoms with Crippen molar-refractivity contribution in [2.45, 2.75) is 25.9 Å². The molecule has 2 N–H and O–H groups in total. The molecule has 1 aromatic carbocycles. The molecule has 19 heavy (non-hydrogen) atoms. The van der Waals surface area contributed by atoms with Crippen molar-refractivity contribution in [3.63, 3.8) is 0 Å². The van der Waals surface area contributed by atoms with Crippen LogP contribution in [0, 0.1) is 17.7 Å². The Kier molecular flexibility index (Phi) is 5.16. The zero-order chi connectivity index (χ0) is 13.7. The zero-order valence-electron chi connectivity index (χ0n) is 11.4. The van der Waals surface area contributed by atoms with E-state index in [1.807, 2.05) is 0 Å². The van der Waals surface area contributed by atoms with Crippen LogP contribution in [0.15, 0.2) is 18.2 Å². The summed E-state index contributed by atoms with van der Waals surface area (Å²) in [6.07, 6.45) is 3.59. The van der Waals surface area contributed by atoms with Crippen LogP contribution in [-0.2, 0) is 11.3 Å². The molecule has 0 bridgehead atoms. The maximum Gasteiger partial charge on any atom is 0.170 e. The summed E-state index contributed by atoms with van der Waals surface area (Å²) < 4.78 is 24.5. The predicted octanol–water partition coefficient (Wildman–Crippen LogP) is 2.73. The number of methoxy groups -OCH3 is 1. The number of hydrogen-bond acceptors (Lipinski definition) is 3. The second kappa shape index (κ2) is 6.87. The minimum atomic E-state index is -0.327. The highest BCUT2D eigenvalue weighted by Gasteiger charge is 2.26. The Labute approximate surface area is 113 Å². The topological polar surface area (TPSA) is 44.5 Å². The molecule has 4 heteroatoms. The second-order valence-electron chi connectivity index (χ2n) is 5.14. The Morgan fingerprint density at radius 3 is 2.84 bits per heavy atom. The standard InChI is InChI=1S/C15H22FNO2/c1-18-14-7-3-6-13(15(14)16)10-19-9-12-5-2-4-11(12)8-17/h3,6-7,11-12H,2,4-5,8-10,17H2,1H3. The van der Waals surface area contributed by atoms with Gasteiger partial charge in [0, 0.05) is 5.56 Å². The molecular weight excluding hydrogens is 245 g/mol. The molecule has 2 unspecified atom stereocenters. The van der Waals surface area contributed by atoms with E-state index in [-0.39, 0.29) is 18.2 Å². The molecule has 0 radical (unpaired) electrons. The van der Waals surface area contributed by atoms with E-state index in [2.05, 4.69) is 0 Å².